The molecule has 0 bridgehead atoms. The molecule has 0 saturated heterocycles. The van der Waals surface area contributed by atoms with Crippen LogP contribution in [0.15, 0.2) is 22.9 Å². The maximum Gasteiger partial charge on any atom is 0.227 e. The van der Waals surface area contributed by atoms with Gasteiger partial charge >= 0.3 is 0 Å². The van der Waals surface area contributed by atoms with E-state index in [1.807, 2.05) is 0 Å². The Labute approximate surface area is 104 Å². The zero-order valence-corrected chi connectivity index (χ0v) is 10.1. The lowest BCUT2D eigenvalue weighted by atomic mass is 10.0. The number of aromatic nitrogens is 3. The number of halogens is 1. The Morgan fingerprint density at radius 1 is 1.44 bits per heavy atom. The lowest BCUT2D eigenvalue weighted by Gasteiger charge is -2.07. The van der Waals surface area contributed by atoms with Gasteiger partial charge in [0.2, 0.25) is 11.7 Å². The van der Waals surface area contributed by atoms with Crippen LogP contribution in [-0.2, 0) is 6.42 Å². The Bertz CT molecular complexity index is 493. The highest BCUT2D eigenvalue weighted by Gasteiger charge is 2.13. The van der Waals surface area contributed by atoms with Gasteiger partial charge in [-0.15, -0.1) is 0 Å². The molecule has 0 spiro atoms. The SMILES string of the molecule is CCC(CN)Cc1nc(-c2ccc(F)cn2)no1. The minimum atomic E-state index is -0.392. The monoisotopic (exact) mass is 250 g/mol. The lowest BCUT2D eigenvalue weighted by Crippen LogP contribution is -2.15. The number of hydrogen-bond donors (Lipinski definition) is 1. The summed E-state index contributed by atoms with van der Waals surface area (Å²) in [7, 11) is 0. The van der Waals surface area contributed by atoms with Crippen LogP contribution < -0.4 is 5.73 Å². The number of pyridine rings is 1. The molecule has 2 heterocycles. The van der Waals surface area contributed by atoms with E-state index >= 15 is 0 Å². The Kier molecular flexibility index (Phi) is 3.99. The van der Waals surface area contributed by atoms with E-state index in [0.717, 1.165) is 12.6 Å². The van der Waals surface area contributed by atoms with Crippen LogP contribution in [0.5, 0.6) is 0 Å². The molecule has 1 atom stereocenters. The largest absolute Gasteiger partial charge is 0.339 e. The molecule has 2 aromatic heterocycles. The highest BCUT2D eigenvalue weighted by atomic mass is 19.1. The molecule has 18 heavy (non-hydrogen) atoms. The molecule has 0 aliphatic carbocycles. The van der Waals surface area contributed by atoms with Gasteiger partial charge in [0.25, 0.3) is 0 Å². The normalized spacial score (nSPS) is 12.6. The third-order valence-electron chi connectivity index (χ3n) is 2.80. The van der Waals surface area contributed by atoms with Gasteiger partial charge in [-0.3, -0.25) is 0 Å². The Morgan fingerprint density at radius 2 is 2.28 bits per heavy atom. The zero-order valence-electron chi connectivity index (χ0n) is 10.1. The van der Waals surface area contributed by atoms with Crippen molar-refractivity contribution in [3.63, 3.8) is 0 Å². The predicted molar refractivity (Wildman–Crippen MR) is 64.0 cm³/mol. The summed E-state index contributed by atoms with van der Waals surface area (Å²) in [5.41, 5.74) is 6.11. The second kappa shape index (κ2) is 5.68. The van der Waals surface area contributed by atoms with E-state index in [9.17, 15) is 4.39 Å². The summed E-state index contributed by atoms with van der Waals surface area (Å²) >= 11 is 0. The van der Waals surface area contributed by atoms with Crippen LogP contribution in [0.4, 0.5) is 4.39 Å². The molecular formula is C12H15FN4O. The maximum absolute atomic E-state index is 12.7. The van der Waals surface area contributed by atoms with E-state index in [1.165, 1.54) is 12.1 Å². The summed E-state index contributed by atoms with van der Waals surface area (Å²) in [6, 6.07) is 2.83. The van der Waals surface area contributed by atoms with Crippen molar-refractivity contribution < 1.29 is 8.91 Å². The molecule has 2 N–H and O–H groups in total. The van der Waals surface area contributed by atoms with Gasteiger partial charge < -0.3 is 10.3 Å². The molecule has 2 aromatic rings. The van der Waals surface area contributed by atoms with E-state index in [4.69, 9.17) is 10.3 Å². The second-order valence-electron chi connectivity index (χ2n) is 4.09. The summed E-state index contributed by atoms with van der Waals surface area (Å²) < 4.78 is 17.9. The van der Waals surface area contributed by atoms with Gasteiger partial charge in [-0.1, -0.05) is 18.5 Å². The molecule has 2 rings (SSSR count). The van der Waals surface area contributed by atoms with Gasteiger partial charge in [0.15, 0.2) is 0 Å². The van der Waals surface area contributed by atoms with Crippen molar-refractivity contribution in [3.05, 3.63) is 30.0 Å². The average molecular weight is 250 g/mol. The van der Waals surface area contributed by atoms with E-state index in [1.54, 1.807) is 0 Å². The third-order valence-corrected chi connectivity index (χ3v) is 2.80. The fraction of sp³-hybridized carbons (Fsp3) is 0.417. The summed E-state index contributed by atoms with van der Waals surface area (Å²) in [6.07, 6.45) is 2.74. The Balaban J connectivity index is 2.12. The second-order valence-corrected chi connectivity index (χ2v) is 4.09. The van der Waals surface area contributed by atoms with Gasteiger partial charge in [0.1, 0.15) is 11.5 Å². The highest BCUT2D eigenvalue weighted by molar-refractivity contribution is 5.47. The van der Waals surface area contributed by atoms with Crippen LogP contribution in [0, 0.1) is 11.7 Å². The molecule has 0 aliphatic rings. The van der Waals surface area contributed by atoms with E-state index in [2.05, 4.69) is 22.0 Å². The number of rotatable bonds is 5. The minimum absolute atomic E-state index is 0.333. The summed E-state index contributed by atoms with van der Waals surface area (Å²) in [5.74, 6) is 0.849. The molecule has 6 heteroatoms. The van der Waals surface area contributed by atoms with E-state index in [-0.39, 0.29) is 0 Å². The summed E-state index contributed by atoms with van der Waals surface area (Å²) in [4.78, 5) is 8.12. The fourth-order valence-corrected chi connectivity index (χ4v) is 1.59. The van der Waals surface area contributed by atoms with Crippen LogP contribution in [-0.4, -0.2) is 21.7 Å². The number of nitrogens with zero attached hydrogens (tertiary/aromatic N) is 3. The molecule has 0 saturated carbocycles. The standard InChI is InChI=1S/C12H15FN4O/c1-2-8(6-14)5-11-16-12(17-18-11)10-4-3-9(13)7-15-10/h3-4,7-8H,2,5-6,14H2,1H3. The number of hydrogen-bond acceptors (Lipinski definition) is 5. The van der Waals surface area contributed by atoms with Crippen molar-refractivity contribution in [2.75, 3.05) is 6.54 Å². The molecule has 1 unspecified atom stereocenters. The van der Waals surface area contributed by atoms with Crippen LogP contribution in [0.1, 0.15) is 19.2 Å². The lowest BCUT2D eigenvalue weighted by molar-refractivity contribution is 0.350. The van der Waals surface area contributed by atoms with Crippen molar-refractivity contribution in [2.24, 2.45) is 11.7 Å². The van der Waals surface area contributed by atoms with Crippen LogP contribution >= 0.6 is 0 Å². The molecule has 0 aromatic carbocycles. The first-order valence-electron chi connectivity index (χ1n) is 5.87. The minimum Gasteiger partial charge on any atom is -0.339 e. The maximum atomic E-state index is 12.7. The van der Waals surface area contributed by atoms with Gasteiger partial charge in [-0.2, -0.15) is 4.98 Å². The first kappa shape index (κ1) is 12.6. The smallest absolute Gasteiger partial charge is 0.227 e. The average Bonchev–Trinajstić information content (AvgIpc) is 2.85. The molecule has 96 valence electrons. The Hall–Kier alpha value is -1.82. The quantitative estimate of drug-likeness (QED) is 0.875. The zero-order chi connectivity index (χ0) is 13.0. The molecule has 0 radical (unpaired) electrons. The third kappa shape index (κ3) is 2.89. The van der Waals surface area contributed by atoms with Crippen molar-refractivity contribution in [1.82, 2.24) is 15.1 Å². The fourth-order valence-electron chi connectivity index (χ4n) is 1.59. The van der Waals surface area contributed by atoms with Gasteiger partial charge in [0.05, 0.1) is 6.20 Å². The van der Waals surface area contributed by atoms with Crippen LogP contribution in [0.2, 0.25) is 0 Å². The van der Waals surface area contributed by atoms with E-state index in [0.29, 0.717) is 36.3 Å². The number of nitrogens with two attached hydrogens (primary N) is 1. The Morgan fingerprint density at radius 3 is 2.89 bits per heavy atom. The first-order chi connectivity index (χ1) is 8.72. The molecule has 5 nitrogen and oxygen atoms in total. The summed E-state index contributed by atoms with van der Waals surface area (Å²) in [6.45, 7) is 2.65. The van der Waals surface area contributed by atoms with Crippen molar-refractivity contribution in [3.8, 4) is 11.5 Å². The predicted octanol–water partition coefficient (Wildman–Crippen LogP) is 1.80. The first-order valence-corrected chi connectivity index (χ1v) is 5.87. The molecule has 0 amide bonds. The molecule has 0 aliphatic heterocycles. The van der Waals surface area contributed by atoms with E-state index < -0.39 is 5.82 Å². The molecule has 0 fully saturated rings. The van der Waals surface area contributed by atoms with Gasteiger partial charge in [0, 0.05) is 6.42 Å². The summed E-state index contributed by atoms with van der Waals surface area (Å²) in [5, 5.41) is 3.83. The van der Waals surface area contributed by atoms with Crippen molar-refractivity contribution in [2.45, 2.75) is 19.8 Å². The van der Waals surface area contributed by atoms with Crippen molar-refractivity contribution >= 4 is 0 Å². The van der Waals surface area contributed by atoms with Gasteiger partial charge in [-0.25, -0.2) is 9.37 Å². The highest BCUT2D eigenvalue weighted by Crippen LogP contribution is 2.15. The van der Waals surface area contributed by atoms with Crippen LogP contribution in [0.3, 0.4) is 0 Å². The van der Waals surface area contributed by atoms with Crippen LogP contribution in [0.25, 0.3) is 11.5 Å². The topological polar surface area (TPSA) is 77.8 Å². The molecular weight excluding hydrogens is 235 g/mol. The van der Waals surface area contributed by atoms with Crippen molar-refractivity contribution in [1.29, 1.82) is 0 Å². The van der Waals surface area contributed by atoms with Gasteiger partial charge in [-0.05, 0) is 24.6 Å².